The molecular formula is C22H28FN3O5S. The predicted molar refractivity (Wildman–Crippen MR) is 118 cm³/mol. The predicted octanol–water partition coefficient (Wildman–Crippen LogP) is 2.53. The molecule has 0 spiro atoms. The molecule has 1 heterocycles. The lowest BCUT2D eigenvalue weighted by molar-refractivity contribution is -0.0884. The number of ether oxygens (including phenoxy) is 1. The number of aliphatic hydroxyl groups excluding tert-OH is 1. The van der Waals surface area contributed by atoms with Crippen molar-refractivity contribution in [1.82, 2.24) is 10.0 Å². The molecule has 4 N–H and O–H groups in total. The Balaban J connectivity index is 1.47. The van der Waals surface area contributed by atoms with Crippen LogP contribution in [0.15, 0.2) is 53.4 Å². The molecule has 3 atom stereocenters. The van der Waals surface area contributed by atoms with Gasteiger partial charge in [-0.2, -0.15) is 0 Å². The largest absolute Gasteiger partial charge is 0.394 e. The van der Waals surface area contributed by atoms with Gasteiger partial charge >= 0.3 is 6.03 Å². The molecule has 0 unspecified atom stereocenters. The highest BCUT2D eigenvalue weighted by molar-refractivity contribution is 7.89. The number of hydrogen-bond acceptors (Lipinski definition) is 5. The lowest BCUT2D eigenvalue weighted by Gasteiger charge is -2.36. The molecule has 2 amide bonds. The van der Waals surface area contributed by atoms with Gasteiger partial charge in [0.2, 0.25) is 10.0 Å². The zero-order valence-electron chi connectivity index (χ0n) is 17.8. The van der Waals surface area contributed by atoms with Gasteiger partial charge in [0, 0.05) is 6.54 Å². The van der Waals surface area contributed by atoms with E-state index in [1.807, 2.05) is 6.92 Å². The van der Waals surface area contributed by atoms with Crippen LogP contribution in [0.3, 0.4) is 0 Å². The Morgan fingerprint density at radius 1 is 1.16 bits per heavy atom. The second-order valence-corrected chi connectivity index (χ2v) is 9.51. The molecule has 0 aliphatic carbocycles. The number of aliphatic hydroxyl groups is 1. The highest BCUT2D eigenvalue weighted by Crippen LogP contribution is 2.22. The summed E-state index contributed by atoms with van der Waals surface area (Å²) >= 11 is 0. The van der Waals surface area contributed by atoms with Crippen molar-refractivity contribution in [3.8, 4) is 0 Å². The standard InChI is InChI=1S/C22H28FN3O5S/c1-15-6-9-17(10-7-15)32(29,30)24-13-12-16-8-11-20(21(14-27)31-16)26-22(28)25-19-5-3-2-4-18(19)23/h2-7,9-10,16,20-21,24,27H,8,11-14H2,1H3,(H2,25,26,28)/t16-,20-,21-/m1/s1. The first-order valence-electron chi connectivity index (χ1n) is 10.4. The molecule has 0 aromatic heterocycles. The van der Waals surface area contributed by atoms with E-state index in [4.69, 9.17) is 4.74 Å². The summed E-state index contributed by atoms with van der Waals surface area (Å²) in [4.78, 5) is 12.4. The van der Waals surface area contributed by atoms with Crippen molar-refractivity contribution in [3.63, 3.8) is 0 Å². The lowest BCUT2D eigenvalue weighted by atomic mass is 9.97. The van der Waals surface area contributed by atoms with Crippen molar-refractivity contribution in [2.75, 3.05) is 18.5 Å². The number of anilines is 1. The van der Waals surface area contributed by atoms with E-state index in [0.29, 0.717) is 19.3 Å². The number of para-hydroxylation sites is 1. The van der Waals surface area contributed by atoms with Crippen LogP contribution in [0.25, 0.3) is 0 Å². The maximum absolute atomic E-state index is 13.7. The number of urea groups is 1. The normalized spacial score (nSPS) is 21.2. The van der Waals surface area contributed by atoms with Gasteiger partial charge in [0.15, 0.2) is 0 Å². The fourth-order valence-electron chi connectivity index (χ4n) is 3.55. The Kier molecular flexibility index (Phi) is 8.19. The van der Waals surface area contributed by atoms with Crippen LogP contribution in [0.4, 0.5) is 14.9 Å². The molecule has 0 radical (unpaired) electrons. The summed E-state index contributed by atoms with van der Waals surface area (Å²) in [6.07, 6.45) is 0.628. The Morgan fingerprint density at radius 3 is 2.56 bits per heavy atom. The van der Waals surface area contributed by atoms with Crippen molar-refractivity contribution in [3.05, 3.63) is 59.9 Å². The third kappa shape index (κ3) is 6.49. The molecule has 1 saturated heterocycles. The number of amides is 2. The number of rotatable bonds is 8. The molecule has 2 aromatic rings. The first-order valence-corrected chi connectivity index (χ1v) is 11.9. The summed E-state index contributed by atoms with van der Waals surface area (Å²) in [6.45, 7) is 1.76. The van der Waals surface area contributed by atoms with Crippen LogP contribution in [-0.4, -0.2) is 51.0 Å². The van der Waals surface area contributed by atoms with E-state index in [9.17, 15) is 22.7 Å². The van der Waals surface area contributed by atoms with Gasteiger partial charge in [0.05, 0.1) is 29.3 Å². The van der Waals surface area contributed by atoms with Crippen molar-refractivity contribution in [2.45, 2.75) is 49.3 Å². The van der Waals surface area contributed by atoms with Gasteiger partial charge in [-0.15, -0.1) is 0 Å². The third-order valence-electron chi connectivity index (χ3n) is 5.32. The number of halogens is 1. The van der Waals surface area contributed by atoms with E-state index < -0.39 is 34.0 Å². The van der Waals surface area contributed by atoms with Crippen LogP contribution in [0.2, 0.25) is 0 Å². The summed E-state index contributed by atoms with van der Waals surface area (Å²) in [7, 11) is -3.61. The van der Waals surface area contributed by atoms with Crippen LogP contribution in [-0.2, 0) is 14.8 Å². The van der Waals surface area contributed by atoms with Gasteiger partial charge in [-0.25, -0.2) is 22.3 Å². The average molecular weight is 466 g/mol. The number of hydrogen-bond donors (Lipinski definition) is 4. The quantitative estimate of drug-likeness (QED) is 0.478. The summed E-state index contributed by atoms with van der Waals surface area (Å²) < 4.78 is 46.9. The molecule has 174 valence electrons. The van der Waals surface area contributed by atoms with Crippen LogP contribution < -0.4 is 15.4 Å². The highest BCUT2D eigenvalue weighted by atomic mass is 32.2. The summed E-state index contributed by atoms with van der Waals surface area (Å²) in [5.41, 5.74) is 1.03. The lowest BCUT2D eigenvalue weighted by Crippen LogP contribution is -2.52. The first-order chi connectivity index (χ1) is 15.3. The van der Waals surface area contributed by atoms with E-state index in [-0.39, 0.29) is 29.8 Å². The second-order valence-electron chi connectivity index (χ2n) is 7.74. The number of sulfonamides is 1. The van der Waals surface area contributed by atoms with Crippen molar-refractivity contribution >= 4 is 21.7 Å². The van der Waals surface area contributed by atoms with E-state index in [1.54, 1.807) is 30.3 Å². The molecule has 10 heteroatoms. The maximum Gasteiger partial charge on any atom is 0.319 e. The van der Waals surface area contributed by atoms with Gasteiger partial charge in [0.25, 0.3) is 0 Å². The molecule has 1 aliphatic heterocycles. The number of carbonyl (C=O) groups is 1. The Hall–Kier alpha value is -2.53. The molecule has 1 aliphatic rings. The molecule has 32 heavy (non-hydrogen) atoms. The van der Waals surface area contributed by atoms with Gasteiger partial charge < -0.3 is 20.5 Å². The molecule has 2 aromatic carbocycles. The molecular weight excluding hydrogens is 437 g/mol. The van der Waals surface area contributed by atoms with Crippen molar-refractivity contribution < 1.29 is 27.4 Å². The van der Waals surface area contributed by atoms with E-state index in [1.165, 1.54) is 18.2 Å². The summed E-state index contributed by atoms with van der Waals surface area (Å²) in [6, 6.07) is 11.4. The van der Waals surface area contributed by atoms with Crippen molar-refractivity contribution in [1.29, 1.82) is 0 Å². The average Bonchev–Trinajstić information content (AvgIpc) is 2.76. The van der Waals surface area contributed by atoms with Gasteiger partial charge in [-0.1, -0.05) is 29.8 Å². The zero-order valence-corrected chi connectivity index (χ0v) is 18.6. The molecule has 8 nitrogen and oxygen atoms in total. The first kappa shape index (κ1) is 24.1. The maximum atomic E-state index is 13.7. The summed E-state index contributed by atoms with van der Waals surface area (Å²) in [5, 5.41) is 14.8. The molecule has 3 rings (SSSR count). The second kappa shape index (κ2) is 10.9. The molecule has 0 saturated carbocycles. The fraction of sp³-hybridized carbons (Fsp3) is 0.409. The minimum Gasteiger partial charge on any atom is -0.394 e. The van der Waals surface area contributed by atoms with Crippen LogP contribution in [0, 0.1) is 12.7 Å². The van der Waals surface area contributed by atoms with Gasteiger partial charge in [-0.05, 0) is 50.5 Å². The third-order valence-corrected chi connectivity index (χ3v) is 6.80. The van der Waals surface area contributed by atoms with Crippen LogP contribution in [0.1, 0.15) is 24.8 Å². The summed E-state index contributed by atoms with van der Waals surface area (Å²) in [5.74, 6) is -0.547. The molecule has 0 bridgehead atoms. The SMILES string of the molecule is Cc1ccc(S(=O)(=O)NCC[C@H]2CC[C@@H](NC(=O)Nc3ccccc3F)[C@@H](CO)O2)cc1. The zero-order chi connectivity index (χ0) is 23.1. The highest BCUT2D eigenvalue weighted by Gasteiger charge is 2.32. The van der Waals surface area contributed by atoms with Crippen molar-refractivity contribution in [2.24, 2.45) is 0 Å². The molecule has 1 fully saturated rings. The Morgan fingerprint density at radius 2 is 1.88 bits per heavy atom. The topological polar surface area (TPSA) is 117 Å². The Labute approximate surface area is 187 Å². The van der Waals surface area contributed by atoms with Gasteiger partial charge in [0.1, 0.15) is 11.9 Å². The number of aryl methyl sites for hydroxylation is 1. The fourth-order valence-corrected chi connectivity index (χ4v) is 4.60. The smallest absolute Gasteiger partial charge is 0.319 e. The Bertz CT molecular complexity index is 1020. The van der Waals surface area contributed by atoms with E-state index in [0.717, 1.165) is 5.56 Å². The van der Waals surface area contributed by atoms with E-state index >= 15 is 0 Å². The van der Waals surface area contributed by atoms with Gasteiger partial charge in [-0.3, -0.25) is 0 Å². The minimum atomic E-state index is -3.61. The monoisotopic (exact) mass is 465 g/mol. The minimum absolute atomic E-state index is 0.0565. The van der Waals surface area contributed by atoms with E-state index in [2.05, 4.69) is 15.4 Å². The number of benzene rings is 2. The van der Waals surface area contributed by atoms with Crippen LogP contribution >= 0.6 is 0 Å². The number of nitrogens with one attached hydrogen (secondary N) is 3. The van der Waals surface area contributed by atoms with Crippen LogP contribution in [0.5, 0.6) is 0 Å². The number of carbonyl (C=O) groups excluding carboxylic acids is 1.